The molecule has 2 rings (SSSR count). The number of H-pyrrole nitrogens is 1. The molecule has 0 spiro atoms. The van der Waals surface area contributed by atoms with E-state index < -0.39 is 0 Å². The highest BCUT2D eigenvalue weighted by molar-refractivity contribution is 8.11. The zero-order valence-electron chi connectivity index (χ0n) is 8.19. The molecule has 4 heteroatoms. The lowest BCUT2D eigenvalue weighted by Gasteiger charge is -1.93. The minimum Gasteiger partial charge on any atom is -0.341 e. The number of nitrogens with one attached hydrogen (secondary N) is 1. The topological polar surface area (TPSA) is 28.7 Å². The first kappa shape index (κ1) is 10.4. The number of thiol groups is 1. The molecule has 0 amide bonds. The Hall–Kier alpha value is -1.13. The average molecular weight is 234 g/mol. The van der Waals surface area contributed by atoms with E-state index in [9.17, 15) is 0 Å². The van der Waals surface area contributed by atoms with E-state index in [1.54, 1.807) is 0 Å². The van der Waals surface area contributed by atoms with Gasteiger partial charge in [-0.25, -0.2) is 4.98 Å². The Bertz CT molecular complexity index is 489. The van der Waals surface area contributed by atoms with E-state index in [0.29, 0.717) is 4.20 Å². The smallest absolute Gasteiger partial charge is 0.138 e. The van der Waals surface area contributed by atoms with Crippen LogP contribution in [-0.2, 0) is 0 Å². The monoisotopic (exact) mass is 234 g/mol. The van der Waals surface area contributed by atoms with Crippen LogP contribution in [0.2, 0.25) is 0 Å². The first-order valence-corrected chi connectivity index (χ1v) is 5.39. The molecular formula is C11H10N2S2. The number of aryl methyl sites for hydroxylation is 1. The molecule has 0 saturated heterocycles. The molecule has 0 aliphatic rings. The molecular weight excluding hydrogens is 224 g/mol. The van der Waals surface area contributed by atoms with Crippen LogP contribution in [0.15, 0.2) is 30.3 Å². The third kappa shape index (κ3) is 2.11. The first-order chi connectivity index (χ1) is 7.18. The van der Waals surface area contributed by atoms with Gasteiger partial charge in [-0.3, -0.25) is 0 Å². The van der Waals surface area contributed by atoms with Gasteiger partial charge < -0.3 is 4.98 Å². The van der Waals surface area contributed by atoms with Crippen molar-refractivity contribution in [2.24, 2.45) is 0 Å². The second kappa shape index (κ2) is 4.16. The van der Waals surface area contributed by atoms with Gasteiger partial charge >= 0.3 is 0 Å². The van der Waals surface area contributed by atoms with E-state index in [1.807, 2.05) is 37.3 Å². The number of thiocarbonyl (C=S) groups is 1. The van der Waals surface area contributed by atoms with Crippen molar-refractivity contribution in [2.75, 3.05) is 0 Å². The quantitative estimate of drug-likeness (QED) is 0.618. The molecule has 76 valence electrons. The highest BCUT2D eigenvalue weighted by Gasteiger charge is 2.09. The highest BCUT2D eigenvalue weighted by atomic mass is 32.1. The Morgan fingerprint density at radius 3 is 2.53 bits per heavy atom. The van der Waals surface area contributed by atoms with E-state index in [4.69, 9.17) is 12.2 Å². The average Bonchev–Trinajstić information content (AvgIpc) is 2.62. The Morgan fingerprint density at radius 1 is 1.33 bits per heavy atom. The van der Waals surface area contributed by atoms with Crippen molar-refractivity contribution in [1.82, 2.24) is 9.97 Å². The zero-order valence-corrected chi connectivity index (χ0v) is 9.90. The van der Waals surface area contributed by atoms with Crippen LogP contribution in [0.4, 0.5) is 0 Å². The molecule has 1 heterocycles. The summed E-state index contributed by atoms with van der Waals surface area (Å²) < 4.78 is 0.519. The van der Waals surface area contributed by atoms with Crippen LogP contribution < -0.4 is 0 Å². The van der Waals surface area contributed by atoms with Gasteiger partial charge in [-0.05, 0) is 6.92 Å². The summed E-state index contributed by atoms with van der Waals surface area (Å²) >= 11 is 9.13. The molecule has 0 aliphatic heterocycles. The predicted octanol–water partition coefficient (Wildman–Crippen LogP) is 2.99. The standard InChI is InChI=1S/C11H10N2S2/c1-7-9(11(14)15)13-10(12-7)8-5-3-2-4-6-8/h2-6H,1H3,(H,12,13)(H,14,15). The van der Waals surface area contributed by atoms with Crippen LogP contribution in [0.5, 0.6) is 0 Å². The fourth-order valence-corrected chi connectivity index (χ4v) is 1.82. The van der Waals surface area contributed by atoms with Crippen LogP contribution in [0.3, 0.4) is 0 Å². The Kier molecular flexibility index (Phi) is 2.88. The number of hydrogen-bond donors (Lipinski definition) is 2. The summed E-state index contributed by atoms with van der Waals surface area (Å²) in [6, 6.07) is 9.94. The summed E-state index contributed by atoms with van der Waals surface area (Å²) in [5.74, 6) is 0.833. The minimum atomic E-state index is 0.519. The molecule has 0 atom stereocenters. The number of benzene rings is 1. The van der Waals surface area contributed by atoms with Gasteiger partial charge in [0, 0.05) is 11.3 Å². The summed E-state index contributed by atoms with van der Waals surface area (Å²) in [5, 5.41) is 0. The van der Waals surface area contributed by atoms with Crippen molar-refractivity contribution in [1.29, 1.82) is 0 Å². The third-order valence-corrected chi connectivity index (χ3v) is 2.54. The van der Waals surface area contributed by atoms with Gasteiger partial charge in [-0.2, -0.15) is 0 Å². The lowest BCUT2D eigenvalue weighted by atomic mass is 10.2. The lowest BCUT2D eigenvalue weighted by Crippen LogP contribution is -1.89. The maximum atomic E-state index is 4.99. The molecule has 1 aromatic carbocycles. The van der Waals surface area contributed by atoms with Gasteiger partial charge in [0.05, 0.1) is 4.20 Å². The summed E-state index contributed by atoms with van der Waals surface area (Å²) in [6.07, 6.45) is 0. The Labute approximate surface area is 99.2 Å². The fourth-order valence-electron chi connectivity index (χ4n) is 1.40. The highest BCUT2D eigenvalue weighted by Crippen LogP contribution is 2.18. The molecule has 2 aromatic rings. The van der Waals surface area contributed by atoms with Gasteiger partial charge in [-0.15, -0.1) is 12.6 Å². The third-order valence-electron chi connectivity index (χ3n) is 2.13. The molecule has 2 nitrogen and oxygen atoms in total. The van der Waals surface area contributed by atoms with E-state index in [1.165, 1.54) is 0 Å². The van der Waals surface area contributed by atoms with E-state index in [2.05, 4.69) is 22.6 Å². The van der Waals surface area contributed by atoms with Crippen molar-refractivity contribution >= 4 is 29.0 Å². The number of aromatic nitrogens is 2. The molecule has 0 saturated carbocycles. The second-order valence-electron chi connectivity index (χ2n) is 3.23. The lowest BCUT2D eigenvalue weighted by molar-refractivity contribution is 1.25. The van der Waals surface area contributed by atoms with Crippen molar-refractivity contribution in [3.63, 3.8) is 0 Å². The van der Waals surface area contributed by atoms with E-state index in [0.717, 1.165) is 22.8 Å². The number of hydrogen-bond acceptors (Lipinski definition) is 2. The van der Waals surface area contributed by atoms with Gasteiger partial charge in [-0.1, -0.05) is 42.5 Å². The van der Waals surface area contributed by atoms with Crippen LogP contribution in [0, 0.1) is 6.92 Å². The fraction of sp³-hybridized carbons (Fsp3) is 0.0909. The Balaban J connectivity index is 2.48. The number of nitrogens with zero attached hydrogens (tertiary/aromatic N) is 1. The van der Waals surface area contributed by atoms with Crippen molar-refractivity contribution in [3.8, 4) is 11.4 Å². The summed E-state index contributed by atoms with van der Waals surface area (Å²) in [5.41, 5.74) is 2.76. The SMILES string of the molecule is Cc1[nH]c(-c2ccccc2)nc1C(=S)S. The summed E-state index contributed by atoms with van der Waals surface area (Å²) in [7, 11) is 0. The van der Waals surface area contributed by atoms with Crippen LogP contribution in [0.25, 0.3) is 11.4 Å². The Morgan fingerprint density at radius 2 is 2.00 bits per heavy atom. The maximum absolute atomic E-state index is 4.99. The van der Waals surface area contributed by atoms with Crippen molar-refractivity contribution in [2.45, 2.75) is 6.92 Å². The van der Waals surface area contributed by atoms with Crippen molar-refractivity contribution in [3.05, 3.63) is 41.7 Å². The largest absolute Gasteiger partial charge is 0.341 e. The normalized spacial score (nSPS) is 10.3. The molecule has 0 radical (unpaired) electrons. The zero-order chi connectivity index (χ0) is 10.8. The first-order valence-electron chi connectivity index (χ1n) is 4.54. The summed E-state index contributed by atoms with van der Waals surface area (Å²) in [4.78, 5) is 7.60. The maximum Gasteiger partial charge on any atom is 0.138 e. The van der Waals surface area contributed by atoms with Crippen molar-refractivity contribution < 1.29 is 0 Å². The molecule has 0 unspecified atom stereocenters. The summed E-state index contributed by atoms with van der Waals surface area (Å²) in [6.45, 7) is 1.94. The predicted molar refractivity (Wildman–Crippen MR) is 69.4 cm³/mol. The molecule has 0 fully saturated rings. The molecule has 0 aliphatic carbocycles. The van der Waals surface area contributed by atoms with Crippen LogP contribution in [-0.4, -0.2) is 14.2 Å². The van der Waals surface area contributed by atoms with Gasteiger partial charge in [0.25, 0.3) is 0 Å². The van der Waals surface area contributed by atoms with Gasteiger partial charge in [0.1, 0.15) is 11.5 Å². The molecule has 15 heavy (non-hydrogen) atoms. The molecule has 1 aromatic heterocycles. The van der Waals surface area contributed by atoms with Crippen LogP contribution >= 0.6 is 24.8 Å². The van der Waals surface area contributed by atoms with Crippen LogP contribution in [0.1, 0.15) is 11.4 Å². The number of imidazole rings is 1. The molecule has 0 bridgehead atoms. The van der Waals surface area contributed by atoms with E-state index >= 15 is 0 Å². The van der Waals surface area contributed by atoms with Gasteiger partial charge in [0.2, 0.25) is 0 Å². The van der Waals surface area contributed by atoms with Gasteiger partial charge in [0.15, 0.2) is 0 Å². The minimum absolute atomic E-state index is 0.519. The number of rotatable bonds is 2. The number of aromatic amines is 1. The van der Waals surface area contributed by atoms with E-state index in [-0.39, 0.29) is 0 Å². The molecule has 1 N–H and O–H groups in total. The second-order valence-corrected chi connectivity index (χ2v) is 4.39.